The maximum atomic E-state index is 11.5. The fourth-order valence-electron chi connectivity index (χ4n) is 1.42. The summed E-state index contributed by atoms with van der Waals surface area (Å²) in [6.45, 7) is 8.76. The minimum absolute atomic E-state index is 0.0724. The number of nitrogens with zero attached hydrogens (tertiary/aromatic N) is 2. The first-order valence-electron chi connectivity index (χ1n) is 6.52. The van der Waals surface area contributed by atoms with Crippen LogP contribution in [0.15, 0.2) is 0 Å². The van der Waals surface area contributed by atoms with Gasteiger partial charge in [0.15, 0.2) is 0 Å². The lowest BCUT2D eigenvalue weighted by molar-refractivity contribution is -0.906. The smallest absolute Gasteiger partial charge is 0.311 e. The molecule has 0 aliphatic heterocycles. The molecule has 102 valence electrons. The molecule has 0 aliphatic carbocycles. The molecule has 4 nitrogen and oxygen atoms in total. The van der Waals surface area contributed by atoms with Gasteiger partial charge >= 0.3 is 5.97 Å². The molecule has 0 saturated carbocycles. The molecule has 0 N–H and O–H groups in total. The quantitative estimate of drug-likeness (QED) is 0.474. The Labute approximate surface area is 106 Å². The van der Waals surface area contributed by atoms with Crippen molar-refractivity contribution < 1.29 is 18.5 Å². The van der Waals surface area contributed by atoms with Crippen molar-refractivity contribution in [2.45, 2.75) is 20.3 Å². The normalized spacial score (nSPS) is 12.6. The van der Waals surface area contributed by atoms with Gasteiger partial charge in [0, 0.05) is 0 Å². The highest BCUT2D eigenvalue weighted by Crippen LogP contribution is 2.01. The van der Waals surface area contributed by atoms with Gasteiger partial charge in [0.25, 0.3) is 0 Å². The van der Waals surface area contributed by atoms with Gasteiger partial charge < -0.3 is 13.7 Å². The summed E-state index contributed by atoms with van der Waals surface area (Å²) in [6.07, 6.45) is 0.505. The van der Waals surface area contributed by atoms with Crippen LogP contribution in [0.25, 0.3) is 0 Å². The molecular weight excluding hydrogens is 216 g/mol. The fraction of sp³-hybridized carbons (Fsp3) is 0.923. The van der Waals surface area contributed by atoms with Crippen molar-refractivity contribution in [3.8, 4) is 0 Å². The summed E-state index contributed by atoms with van der Waals surface area (Å²) in [6, 6.07) is 0. The Hall–Kier alpha value is -0.610. The first-order valence-corrected chi connectivity index (χ1v) is 6.52. The van der Waals surface area contributed by atoms with E-state index >= 15 is 0 Å². The van der Waals surface area contributed by atoms with Crippen molar-refractivity contribution in [3.05, 3.63) is 0 Å². The number of ether oxygens (including phenoxy) is 1. The Balaban J connectivity index is 3.79. The molecule has 0 atom stereocenters. The lowest BCUT2D eigenvalue weighted by Crippen LogP contribution is -2.46. The van der Waals surface area contributed by atoms with Crippen LogP contribution in [0.5, 0.6) is 0 Å². The van der Waals surface area contributed by atoms with E-state index < -0.39 is 0 Å². The zero-order valence-corrected chi connectivity index (χ0v) is 12.5. The van der Waals surface area contributed by atoms with Crippen molar-refractivity contribution in [1.29, 1.82) is 0 Å². The largest absolute Gasteiger partial charge is 0.460 e. The molecule has 0 saturated heterocycles. The number of quaternary nitrogens is 2. The van der Waals surface area contributed by atoms with Gasteiger partial charge in [-0.3, -0.25) is 4.79 Å². The summed E-state index contributed by atoms with van der Waals surface area (Å²) in [5, 5.41) is 0. The number of esters is 1. The molecule has 4 heteroatoms. The summed E-state index contributed by atoms with van der Waals surface area (Å²) in [7, 11) is 8.43. The second-order valence-corrected chi connectivity index (χ2v) is 5.96. The van der Waals surface area contributed by atoms with E-state index in [-0.39, 0.29) is 5.97 Å². The third-order valence-corrected chi connectivity index (χ3v) is 3.41. The van der Waals surface area contributed by atoms with E-state index in [2.05, 4.69) is 42.0 Å². The van der Waals surface area contributed by atoms with E-state index in [1.807, 2.05) is 0 Å². The van der Waals surface area contributed by atoms with Crippen molar-refractivity contribution >= 4 is 5.97 Å². The van der Waals surface area contributed by atoms with E-state index in [0.717, 1.165) is 35.1 Å². The van der Waals surface area contributed by atoms with Crippen LogP contribution in [0.4, 0.5) is 0 Å². The maximum absolute atomic E-state index is 11.5. The Bertz CT molecular complexity index is 230. The van der Waals surface area contributed by atoms with Crippen LogP contribution in [0.3, 0.4) is 0 Å². The lowest BCUT2D eigenvalue weighted by atomic mass is 10.3. The first kappa shape index (κ1) is 16.4. The van der Waals surface area contributed by atoms with Gasteiger partial charge in [0.2, 0.25) is 0 Å². The molecule has 0 aromatic rings. The summed E-state index contributed by atoms with van der Waals surface area (Å²) >= 11 is 0. The summed E-state index contributed by atoms with van der Waals surface area (Å²) in [5.74, 6) is -0.0724. The van der Waals surface area contributed by atoms with Crippen LogP contribution in [0, 0.1) is 0 Å². The van der Waals surface area contributed by atoms with Gasteiger partial charge in [-0.1, -0.05) is 0 Å². The molecule has 0 aliphatic rings. The van der Waals surface area contributed by atoms with Crippen LogP contribution in [0.1, 0.15) is 20.3 Å². The minimum atomic E-state index is -0.0724. The van der Waals surface area contributed by atoms with Crippen molar-refractivity contribution in [2.75, 3.05) is 61.0 Å². The van der Waals surface area contributed by atoms with Crippen LogP contribution >= 0.6 is 0 Å². The molecule has 0 unspecified atom stereocenters. The van der Waals surface area contributed by atoms with Gasteiger partial charge in [-0.2, -0.15) is 0 Å². The zero-order chi connectivity index (χ0) is 13.5. The molecule has 0 rings (SSSR count). The average molecular weight is 246 g/mol. The number of carbonyl (C=O) groups is 1. The summed E-state index contributed by atoms with van der Waals surface area (Å²) in [4.78, 5) is 11.5. The van der Waals surface area contributed by atoms with E-state index in [4.69, 9.17) is 4.74 Å². The maximum Gasteiger partial charge on any atom is 0.311 e. The van der Waals surface area contributed by atoms with E-state index in [9.17, 15) is 4.79 Å². The van der Waals surface area contributed by atoms with Gasteiger partial charge in [-0.25, -0.2) is 0 Å². The Morgan fingerprint density at radius 2 is 1.53 bits per heavy atom. The van der Waals surface area contributed by atoms with Crippen LogP contribution in [0.2, 0.25) is 0 Å². The third kappa shape index (κ3) is 8.16. The minimum Gasteiger partial charge on any atom is -0.460 e. The molecule has 0 aromatic heterocycles. The zero-order valence-electron chi connectivity index (χ0n) is 12.5. The number of hydrogen-bond donors (Lipinski definition) is 0. The molecular formula is C13H30N2O2+2. The van der Waals surface area contributed by atoms with Crippen molar-refractivity contribution in [1.82, 2.24) is 0 Å². The first-order chi connectivity index (χ1) is 7.72. The standard InChI is InChI=1S/C13H30N2O2/c1-7-15(6,8-2)11-12-17-13(16)9-10-14(3,4)5/h7-12H2,1-6H3/q+2. The topological polar surface area (TPSA) is 26.3 Å². The van der Waals surface area contributed by atoms with Gasteiger partial charge in [-0.05, 0) is 13.8 Å². The highest BCUT2D eigenvalue weighted by atomic mass is 16.5. The summed E-state index contributed by atoms with van der Waals surface area (Å²) in [5.41, 5.74) is 0. The Kier molecular flexibility index (Phi) is 6.72. The molecule has 17 heavy (non-hydrogen) atoms. The lowest BCUT2D eigenvalue weighted by Gasteiger charge is -2.31. The number of likely N-dealkylation sites (N-methyl/N-ethyl adjacent to an activating group) is 1. The SMILES string of the molecule is CC[N+](C)(CC)CCOC(=O)CC[N+](C)(C)C. The molecule has 0 radical (unpaired) electrons. The highest BCUT2D eigenvalue weighted by Gasteiger charge is 2.17. The van der Waals surface area contributed by atoms with Crippen molar-refractivity contribution in [2.24, 2.45) is 0 Å². The molecule has 0 aromatic carbocycles. The molecule has 0 fully saturated rings. The number of carbonyl (C=O) groups excluding carboxylic acids is 1. The van der Waals surface area contributed by atoms with Crippen molar-refractivity contribution in [3.63, 3.8) is 0 Å². The van der Waals surface area contributed by atoms with Gasteiger partial charge in [0.1, 0.15) is 13.2 Å². The van der Waals surface area contributed by atoms with Crippen LogP contribution in [-0.4, -0.2) is 75.9 Å². The molecule has 0 amide bonds. The van der Waals surface area contributed by atoms with Crippen LogP contribution < -0.4 is 0 Å². The second-order valence-electron chi connectivity index (χ2n) is 5.96. The molecule has 0 bridgehead atoms. The van der Waals surface area contributed by atoms with E-state index in [1.165, 1.54) is 0 Å². The molecule has 0 spiro atoms. The number of rotatable bonds is 8. The van der Waals surface area contributed by atoms with Crippen LogP contribution in [-0.2, 0) is 9.53 Å². The average Bonchev–Trinajstić information content (AvgIpc) is 2.25. The van der Waals surface area contributed by atoms with E-state index in [0.29, 0.717) is 13.0 Å². The predicted molar refractivity (Wildman–Crippen MR) is 70.6 cm³/mol. The molecule has 0 heterocycles. The van der Waals surface area contributed by atoms with Gasteiger partial charge in [0.05, 0.1) is 54.2 Å². The number of hydrogen-bond acceptors (Lipinski definition) is 2. The Morgan fingerprint density at radius 3 is 1.94 bits per heavy atom. The fourth-order valence-corrected chi connectivity index (χ4v) is 1.42. The third-order valence-electron chi connectivity index (χ3n) is 3.41. The summed E-state index contributed by atoms with van der Waals surface area (Å²) < 4.78 is 7.03. The second kappa shape index (κ2) is 6.97. The Morgan fingerprint density at radius 1 is 1.00 bits per heavy atom. The monoisotopic (exact) mass is 246 g/mol. The van der Waals surface area contributed by atoms with E-state index in [1.54, 1.807) is 0 Å². The highest BCUT2D eigenvalue weighted by molar-refractivity contribution is 5.69. The van der Waals surface area contributed by atoms with Gasteiger partial charge in [-0.15, -0.1) is 0 Å². The predicted octanol–water partition coefficient (Wildman–Crippen LogP) is 1.11.